The van der Waals surface area contributed by atoms with Crippen molar-refractivity contribution in [1.29, 1.82) is 0 Å². The van der Waals surface area contributed by atoms with Crippen molar-refractivity contribution in [1.82, 2.24) is 4.98 Å². The van der Waals surface area contributed by atoms with Gasteiger partial charge in [-0.2, -0.15) is 0 Å². The Morgan fingerprint density at radius 2 is 2.19 bits per heavy atom. The Morgan fingerprint density at radius 1 is 1.38 bits per heavy atom. The van der Waals surface area contributed by atoms with Crippen LogP contribution in [0.15, 0.2) is 36.5 Å². The van der Waals surface area contributed by atoms with Crippen LogP contribution in [0, 0.1) is 0 Å². The molecule has 0 aliphatic carbocycles. The highest BCUT2D eigenvalue weighted by Crippen LogP contribution is 2.35. The van der Waals surface area contributed by atoms with Crippen LogP contribution in [0.4, 0.5) is 11.5 Å². The van der Waals surface area contributed by atoms with Gasteiger partial charge < -0.3 is 14.7 Å². The number of carboxylic acids is 1. The van der Waals surface area contributed by atoms with E-state index in [0.717, 1.165) is 17.9 Å². The number of fused-ring (bicyclic) bond motifs is 1. The Kier molecular flexibility index (Phi) is 3.66. The molecule has 1 aromatic carbocycles. The molecule has 0 radical (unpaired) electrons. The smallest absolute Gasteiger partial charge is 0.337 e. The molecule has 1 aliphatic rings. The number of carbonyl (C=O) groups is 1. The first kappa shape index (κ1) is 13.7. The maximum absolute atomic E-state index is 11.2. The molecule has 108 valence electrons. The maximum atomic E-state index is 11.2. The van der Waals surface area contributed by atoms with Crippen LogP contribution in [0.2, 0.25) is 5.02 Å². The van der Waals surface area contributed by atoms with Gasteiger partial charge in [0, 0.05) is 12.7 Å². The lowest BCUT2D eigenvalue weighted by Crippen LogP contribution is -2.19. The van der Waals surface area contributed by atoms with Gasteiger partial charge in [-0.3, -0.25) is 0 Å². The molecule has 0 spiro atoms. The summed E-state index contributed by atoms with van der Waals surface area (Å²) < 4.78 is 5.69. The van der Waals surface area contributed by atoms with Gasteiger partial charge in [0.1, 0.15) is 11.6 Å². The highest BCUT2D eigenvalue weighted by atomic mass is 35.5. The first-order valence-electron chi connectivity index (χ1n) is 6.55. The number of carboxylic acid groups (broad SMARTS) is 1. The fraction of sp³-hybridized carbons (Fsp3) is 0.200. The van der Waals surface area contributed by atoms with Gasteiger partial charge in [-0.1, -0.05) is 23.7 Å². The van der Waals surface area contributed by atoms with Crippen LogP contribution >= 0.6 is 11.6 Å². The Labute approximate surface area is 126 Å². The van der Waals surface area contributed by atoms with E-state index in [2.05, 4.69) is 4.98 Å². The van der Waals surface area contributed by atoms with Gasteiger partial charge in [0.15, 0.2) is 0 Å². The molecule has 0 fully saturated rings. The van der Waals surface area contributed by atoms with Crippen molar-refractivity contribution < 1.29 is 14.6 Å². The van der Waals surface area contributed by atoms with Crippen molar-refractivity contribution in [3.63, 3.8) is 0 Å². The fourth-order valence-electron chi connectivity index (χ4n) is 2.30. The minimum absolute atomic E-state index is 0.0457. The number of aromatic carboxylic acids is 1. The molecule has 5 nitrogen and oxygen atoms in total. The summed E-state index contributed by atoms with van der Waals surface area (Å²) in [7, 11) is 0. The van der Waals surface area contributed by atoms with E-state index in [4.69, 9.17) is 16.3 Å². The van der Waals surface area contributed by atoms with Crippen LogP contribution in [0.5, 0.6) is 5.75 Å². The zero-order valence-electron chi connectivity index (χ0n) is 11.1. The third-order valence-electron chi connectivity index (χ3n) is 3.29. The van der Waals surface area contributed by atoms with E-state index in [1.54, 1.807) is 0 Å². The summed E-state index contributed by atoms with van der Waals surface area (Å²) in [4.78, 5) is 17.4. The molecule has 2 aromatic rings. The molecule has 0 amide bonds. The molecular formula is C15H13ClN2O3. The minimum atomic E-state index is -1.07. The fourth-order valence-corrected chi connectivity index (χ4v) is 2.49. The van der Waals surface area contributed by atoms with E-state index < -0.39 is 5.97 Å². The molecule has 0 atom stereocenters. The number of anilines is 2. The van der Waals surface area contributed by atoms with Gasteiger partial charge in [0.05, 0.1) is 22.9 Å². The lowest BCUT2D eigenvalue weighted by Gasteiger charge is -2.23. The average Bonchev–Trinajstić information content (AvgIpc) is 2.70. The lowest BCUT2D eigenvalue weighted by molar-refractivity contribution is 0.0697. The van der Waals surface area contributed by atoms with Crippen molar-refractivity contribution in [2.75, 3.05) is 18.1 Å². The normalized spacial score (nSPS) is 14.0. The van der Waals surface area contributed by atoms with Crippen molar-refractivity contribution in [2.45, 2.75) is 6.42 Å². The standard InChI is InChI=1S/C15H13ClN2O3/c16-11-9-17-14(8-10(11)15(19)20)18-6-3-7-21-13-5-2-1-4-12(13)18/h1-2,4-5,8-9H,3,6-7H2,(H,19,20). The summed E-state index contributed by atoms with van der Waals surface area (Å²) >= 11 is 5.88. The van der Waals surface area contributed by atoms with E-state index >= 15 is 0 Å². The monoisotopic (exact) mass is 304 g/mol. The van der Waals surface area contributed by atoms with Crippen LogP contribution in [-0.2, 0) is 0 Å². The van der Waals surface area contributed by atoms with Gasteiger partial charge in [-0.15, -0.1) is 0 Å². The van der Waals surface area contributed by atoms with Crippen LogP contribution in [-0.4, -0.2) is 29.2 Å². The molecule has 1 aromatic heterocycles. The van der Waals surface area contributed by atoms with Crippen LogP contribution in [0.25, 0.3) is 0 Å². The molecule has 0 saturated carbocycles. The zero-order valence-corrected chi connectivity index (χ0v) is 11.9. The van der Waals surface area contributed by atoms with E-state index in [9.17, 15) is 9.90 Å². The van der Waals surface area contributed by atoms with Crippen molar-refractivity contribution >= 4 is 29.1 Å². The number of nitrogens with zero attached hydrogens (tertiary/aromatic N) is 2. The highest BCUT2D eigenvalue weighted by molar-refractivity contribution is 6.33. The van der Waals surface area contributed by atoms with E-state index in [1.807, 2.05) is 29.2 Å². The molecule has 1 aliphatic heterocycles. The highest BCUT2D eigenvalue weighted by Gasteiger charge is 2.20. The summed E-state index contributed by atoms with van der Waals surface area (Å²) in [5.74, 6) is 0.251. The van der Waals surface area contributed by atoms with Gasteiger partial charge >= 0.3 is 5.97 Å². The van der Waals surface area contributed by atoms with Crippen molar-refractivity contribution in [2.24, 2.45) is 0 Å². The Balaban J connectivity index is 2.08. The second-order valence-electron chi connectivity index (χ2n) is 4.65. The van der Waals surface area contributed by atoms with Crippen molar-refractivity contribution in [3.05, 3.63) is 47.1 Å². The molecule has 1 N–H and O–H groups in total. The molecule has 3 rings (SSSR count). The van der Waals surface area contributed by atoms with Crippen LogP contribution < -0.4 is 9.64 Å². The van der Waals surface area contributed by atoms with Gasteiger partial charge in [0.2, 0.25) is 0 Å². The van der Waals surface area contributed by atoms with Crippen LogP contribution in [0.1, 0.15) is 16.8 Å². The predicted molar refractivity (Wildman–Crippen MR) is 79.8 cm³/mol. The summed E-state index contributed by atoms with van der Waals surface area (Å²) in [6.07, 6.45) is 2.19. The number of para-hydroxylation sites is 2. The predicted octanol–water partition coefficient (Wildman–Crippen LogP) is 3.35. The lowest BCUT2D eigenvalue weighted by atomic mass is 10.2. The van der Waals surface area contributed by atoms with Crippen molar-refractivity contribution in [3.8, 4) is 5.75 Å². The van der Waals surface area contributed by atoms with Crippen LogP contribution in [0.3, 0.4) is 0 Å². The third kappa shape index (κ3) is 2.64. The topological polar surface area (TPSA) is 62.7 Å². The molecule has 6 heteroatoms. The summed E-state index contributed by atoms with van der Waals surface area (Å²) in [6.45, 7) is 1.32. The number of halogens is 1. The average molecular weight is 305 g/mol. The molecule has 21 heavy (non-hydrogen) atoms. The largest absolute Gasteiger partial charge is 0.491 e. The Bertz CT molecular complexity index is 690. The quantitative estimate of drug-likeness (QED) is 0.922. The third-order valence-corrected chi connectivity index (χ3v) is 3.59. The van der Waals surface area contributed by atoms with E-state index in [-0.39, 0.29) is 10.6 Å². The Morgan fingerprint density at radius 3 is 3.00 bits per heavy atom. The number of hydrogen-bond acceptors (Lipinski definition) is 4. The van der Waals surface area contributed by atoms with Gasteiger partial charge in [-0.05, 0) is 24.6 Å². The molecule has 0 unspecified atom stereocenters. The number of rotatable bonds is 2. The number of benzene rings is 1. The first-order chi connectivity index (χ1) is 10.2. The molecular weight excluding hydrogens is 292 g/mol. The first-order valence-corrected chi connectivity index (χ1v) is 6.93. The molecule has 0 bridgehead atoms. The zero-order chi connectivity index (χ0) is 14.8. The SMILES string of the molecule is O=C(O)c1cc(N2CCCOc3ccccc32)ncc1Cl. The number of aromatic nitrogens is 1. The maximum Gasteiger partial charge on any atom is 0.337 e. The second-order valence-corrected chi connectivity index (χ2v) is 5.06. The number of ether oxygens (including phenoxy) is 1. The number of hydrogen-bond donors (Lipinski definition) is 1. The second kappa shape index (κ2) is 5.61. The van der Waals surface area contributed by atoms with Gasteiger partial charge in [0.25, 0.3) is 0 Å². The van der Waals surface area contributed by atoms with Gasteiger partial charge in [-0.25, -0.2) is 9.78 Å². The molecule has 0 saturated heterocycles. The van der Waals surface area contributed by atoms with E-state index in [0.29, 0.717) is 19.0 Å². The summed E-state index contributed by atoms with van der Waals surface area (Å²) in [5.41, 5.74) is 0.922. The molecule has 2 heterocycles. The minimum Gasteiger partial charge on any atom is -0.491 e. The summed E-state index contributed by atoms with van der Waals surface area (Å²) in [5, 5.41) is 9.31. The summed E-state index contributed by atoms with van der Waals surface area (Å²) in [6, 6.07) is 9.13. The van der Waals surface area contributed by atoms with E-state index in [1.165, 1.54) is 12.3 Å². The Hall–Kier alpha value is -2.27. The number of pyridine rings is 1.